The minimum absolute atomic E-state index is 0.124. The van der Waals surface area contributed by atoms with Crippen molar-refractivity contribution in [1.29, 1.82) is 0 Å². The molecule has 0 aliphatic carbocycles. The van der Waals surface area contributed by atoms with E-state index in [1.807, 2.05) is 17.1 Å². The van der Waals surface area contributed by atoms with Crippen molar-refractivity contribution in [1.82, 2.24) is 4.90 Å². The lowest BCUT2D eigenvalue weighted by molar-refractivity contribution is -0.141. The minimum Gasteiger partial charge on any atom is -0.353 e. The van der Waals surface area contributed by atoms with Crippen LogP contribution in [-0.4, -0.2) is 35.6 Å². The fourth-order valence-corrected chi connectivity index (χ4v) is 2.81. The van der Waals surface area contributed by atoms with Crippen molar-refractivity contribution in [3.8, 4) is 0 Å². The predicted octanol–water partition coefficient (Wildman–Crippen LogP) is 0.728. The highest BCUT2D eigenvalue weighted by atomic mass is 16.5. The molecule has 2 bridgehead atoms. The van der Waals surface area contributed by atoms with Gasteiger partial charge in [-0.3, -0.25) is 4.79 Å². The number of hydrogen-bond donors (Lipinski definition) is 0. The van der Waals surface area contributed by atoms with Crippen molar-refractivity contribution in [2.24, 2.45) is 5.92 Å². The van der Waals surface area contributed by atoms with Crippen LogP contribution in [0.4, 0.5) is 0 Å². The normalized spacial score (nSPS) is 43.4. The molecule has 2 saturated heterocycles. The number of carbonyl (C=O) groups is 1. The minimum atomic E-state index is -0.590. The topological polar surface area (TPSA) is 29.5 Å². The third-order valence-corrected chi connectivity index (χ3v) is 3.44. The Morgan fingerprint density at radius 3 is 3.29 bits per heavy atom. The maximum Gasteiger partial charge on any atom is 0.259 e. The summed E-state index contributed by atoms with van der Waals surface area (Å²) < 4.78 is 5.74. The third-order valence-electron chi connectivity index (χ3n) is 3.44. The van der Waals surface area contributed by atoms with Crippen molar-refractivity contribution >= 4 is 5.91 Å². The van der Waals surface area contributed by atoms with Crippen LogP contribution in [0.15, 0.2) is 24.8 Å². The summed E-state index contributed by atoms with van der Waals surface area (Å²) in [6, 6.07) is 0. The highest BCUT2D eigenvalue weighted by Gasteiger charge is 2.61. The van der Waals surface area contributed by atoms with Gasteiger partial charge >= 0.3 is 0 Å². The van der Waals surface area contributed by atoms with Crippen molar-refractivity contribution in [3.63, 3.8) is 0 Å². The Hall–Kier alpha value is -1.09. The highest BCUT2D eigenvalue weighted by molar-refractivity contribution is 5.91. The Balaban J connectivity index is 1.93. The van der Waals surface area contributed by atoms with E-state index < -0.39 is 5.60 Å². The zero-order valence-corrected chi connectivity index (χ0v) is 7.98. The largest absolute Gasteiger partial charge is 0.353 e. The predicted molar refractivity (Wildman–Crippen MR) is 51.6 cm³/mol. The molecule has 3 heterocycles. The van der Waals surface area contributed by atoms with Crippen molar-refractivity contribution in [2.75, 3.05) is 13.1 Å². The SMILES string of the molecule is C=CCN1C[C@H]2C[C@@H]3C=C[C@]2(O3)C1=O. The second kappa shape index (κ2) is 2.48. The molecule has 0 radical (unpaired) electrons. The van der Waals surface area contributed by atoms with Gasteiger partial charge in [0.25, 0.3) is 5.91 Å². The van der Waals surface area contributed by atoms with Crippen LogP contribution in [0.2, 0.25) is 0 Å². The lowest BCUT2D eigenvalue weighted by Gasteiger charge is -2.19. The standard InChI is InChI=1S/C11H13NO2/c1-2-5-12-7-8-6-9-3-4-11(8,14-9)10(12)13/h2-4,8-9H,1,5-7H2/t8-,9+,11-/m1/s1. The molecule has 14 heavy (non-hydrogen) atoms. The molecule has 0 aromatic heterocycles. The van der Waals surface area contributed by atoms with Crippen LogP contribution < -0.4 is 0 Å². The molecule has 74 valence electrons. The number of nitrogens with zero attached hydrogens (tertiary/aromatic N) is 1. The van der Waals surface area contributed by atoms with E-state index in [4.69, 9.17) is 4.74 Å². The molecule has 0 aromatic rings. The fraction of sp³-hybridized carbons (Fsp3) is 0.545. The van der Waals surface area contributed by atoms with Crippen LogP contribution >= 0.6 is 0 Å². The number of likely N-dealkylation sites (tertiary alicyclic amines) is 1. The third kappa shape index (κ3) is 0.786. The van der Waals surface area contributed by atoms with Gasteiger partial charge in [0.15, 0.2) is 5.60 Å². The molecule has 0 unspecified atom stereocenters. The van der Waals surface area contributed by atoms with E-state index in [2.05, 4.69) is 6.58 Å². The summed E-state index contributed by atoms with van der Waals surface area (Å²) in [6.45, 7) is 5.12. The van der Waals surface area contributed by atoms with E-state index in [0.717, 1.165) is 13.0 Å². The molecule has 3 rings (SSSR count). The summed E-state index contributed by atoms with van der Waals surface area (Å²) in [6.07, 6.45) is 6.93. The van der Waals surface area contributed by atoms with E-state index in [9.17, 15) is 4.79 Å². The highest BCUT2D eigenvalue weighted by Crippen LogP contribution is 2.48. The van der Waals surface area contributed by atoms with E-state index in [0.29, 0.717) is 12.5 Å². The smallest absolute Gasteiger partial charge is 0.259 e. The quantitative estimate of drug-likeness (QED) is 0.602. The fourth-order valence-electron chi connectivity index (χ4n) is 2.81. The van der Waals surface area contributed by atoms with Gasteiger partial charge in [0, 0.05) is 19.0 Å². The molecule has 3 aliphatic heterocycles. The number of ether oxygens (including phenoxy) is 1. The first-order valence-electron chi connectivity index (χ1n) is 5.04. The number of amides is 1. The van der Waals surface area contributed by atoms with Gasteiger partial charge in [-0.25, -0.2) is 0 Å². The molecule has 0 saturated carbocycles. The molecule has 3 atom stereocenters. The van der Waals surface area contributed by atoms with Gasteiger partial charge in [-0.1, -0.05) is 12.2 Å². The molecular weight excluding hydrogens is 178 g/mol. The van der Waals surface area contributed by atoms with E-state index in [1.165, 1.54) is 0 Å². The number of rotatable bonds is 2. The van der Waals surface area contributed by atoms with Crippen LogP contribution in [0.3, 0.4) is 0 Å². The molecule has 1 spiro atoms. The maximum absolute atomic E-state index is 12.1. The van der Waals surface area contributed by atoms with Gasteiger partial charge in [-0.15, -0.1) is 6.58 Å². The van der Waals surface area contributed by atoms with Crippen LogP contribution in [0.5, 0.6) is 0 Å². The van der Waals surface area contributed by atoms with Crippen LogP contribution in [0.1, 0.15) is 6.42 Å². The van der Waals surface area contributed by atoms with Gasteiger partial charge in [-0.2, -0.15) is 0 Å². The summed E-state index contributed by atoms with van der Waals surface area (Å²) in [5, 5.41) is 0. The molecule has 3 aliphatic rings. The average molecular weight is 191 g/mol. The Morgan fingerprint density at radius 1 is 1.79 bits per heavy atom. The second-order valence-corrected chi connectivity index (χ2v) is 4.24. The van der Waals surface area contributed by atoms with Crippen LogP contribution in [0, 0.1) is 5.92 Å². The van der Waals surface area contributed by atoms with Crippen molar-refractivity contribution in [3.05, 3.63) is 24.8 Å². The van der Waals surface area contributed by atoms with Crippen LogP contribution in [-0.2, 0) is 9.53 Å². The summed E-state index contributed by atoms with van der Waals surface area (Å²) in [7, 11) is 0. The monoisotopic (exact) mass is 191 g/mol. The average Bonchev–Trinajstić information content (AvgIpc) is 2.79. The van der Waals surface area contributed by atoms with Gasteiger partial charge in [-0.05, 0) is 12.5 Å². The van der Waals surface area contributed by atoms with Crippen molar-refractivity contribution < 1.29 is 9.53 Å². The Labute approximate surface area is 83.0 Å². The molecule has 0 N–H and O–H groups in total. The van der Waals surface area contributed by atoms with Gasteiger partial charge in [0.05, 0.1) is 6.10 Å². The summed E-state index contributed by atoms with van der Waals surface area (Å²) in [4.78, 5) is 13.9. The number of carbonyl (C=O) groups excluding carboxylic acids is 1. The number of fused-ring (bicyclic) bond motifs is 1. The first kappa shape index (κ1) is 8.24. The first-order chi connectivity index (χ1) is 6.76. The van der Waals surface area contributed by atoms with Gasteiger partial charge < -0.3 is 9.64 Å². The lowest BCUT2D eigenvalue weighted by Crippen LogP contribution is -2.39. The molecule has 3 heteroatoms. The van der Waals surface area contributed by atoms with Gasteiger partial charge in [0.1, 0.15) is 0 Å². The Morgan fingerprint density at radius 2 is 2.64 bits per heavy atom. The summed E-state index contributed by atoms with van der Waals surface area (Å²) in [5.74, 6) is 0.489. The van der Waals surface area contributed by atoms with Gasteiger partial charge in [0.2, 0.25) is 0 Å². The van der Waals surface area contributed by atoms with Crippen LogP contribution in [0.25, 0.3) is 0 Å². The van der Waals surface area contributed by atoms with E-state index >= 15 is 0 Å². The zero-order chi connectivity index (χ0) is 9.76. The molecule has 3 nitrogen and oxygen atoms in total. The molecule has 2 fully saturated rings. The second-order valence-electron chi connectivity index (χ2n) is 4.24. The first-order valence-corrected chi connectivity index (χ1v) is 5.04. The van der Waals surface area contributed by atoms with E-state index in [-0.39, 0.29) is 12.0 Å². The van der Waals surface area contributed by atoms with E-state index in [1.54, 1.807) is 6.08 Å². The van der Waals surface area contributed by atoms with Crippen molar-refractivity contribution in [2.45, 2.75) is 18.1 Å². The molecule has 1 amide bonds. The Kier molecular flexibility index (Phi) is 1.46. The summed E-state index contributed by atoms with van der Waals surface area (Å²) in [5.41, 5.74) is -0.590. The Bertz CT molecular complexity index is 336. The zero-order valence-electron chi connectivity index (χ0n) is 7.98. The summed E-state index contributed by atoms with van der Waals surface area (Å²) >= 11 is 0. The molecular formula is C11H13NO2. The number of hydrogen-bond acceptors (Lipinski definition) is 2. The molecule has 0 aromatic carbocycles. The maximum atomic E-state index is 12.1. The lowest BCUT2D eigenvalue weighted by atomic mass is 9.86.